The van der Waals surface area contributed by atoms with Gasteiger partial charge in [0.15, 0.2) is 11.6 Å². The number of likely N-dealkylation sites (N-methyl/N-ethyl adjacent to an activating group) is 1. The second-order valence-electron chi connectivity index (χ2n) is 5.46. The van der Waals surface area contributed by atoms with E-state index < -0.39 is 5.60 Å². The van der Waals surface area contributed by atoms with Crippen molar-refractivity contribution in [2.24, 2.45) is 0 Å². The first-order valence-corrected chi connectivity index (χ1v) is 7.16. The Bertz CT molecular complexity index is 403. The highest BCUT2D eigenvalue weighted by Gasteiger charge is 2.33. The summed E-state index contributed by atoms with van der Waals surface area (Å²) in [7, 11) is 1.97. The molecule has 1 aromatic rings. The molecule has 4 heteroatoms. The molecular weight excluding hydrogens is 240 g/mol. The van der Waals surface area contributed by atoms with Crippen LogP contribution in [-0.4, -0.2) is 35.9 Å². The lowest BCUT2D eigenvalue weighted by atomic mass is 10.0. The van der Waals surface area contributed by atoms with Crippen LogP contribution < -0.4 is 9.64 Å². The third-order valence-electron chi connectivity index (χ3n) is 3.64. The molecule has 1 fully saturated rings. The van der Waals surface area contributed by atoms with E-state index in [1.807, 2.05) is 24.1 Å². The minimum absolute atomic E-state index is 0.561. The molecule has 0 radical (unpaired) electrons. The summed E-state index contributed by atoms with van der Waals surface area (Å²) in [6.45, 7) is 3.39. The number of aliphatic hydroxyl groups is 1. The Morgan fingerprint density at radius 2 is 2.16 bits per heavy atom. The van der Waals surface area contributed by atoms with Gasteiger partial charge in [-0.2, -0.15) is 0 Å². The Labute approximate surface area is 115 Å². The molecule has 1 heterocycles. The molecule has 1 aromatic heterocycles. The highest BCUT2D eigenvalue weighted by Crippen LogP contribution is 2.32. The number of pyridine rings is 1. The lowest BCUT2D eigenvalue weighted by Gasteiger charge is -2.30. The molecule has 0 aliphatic heterocycles. The number of ether oxygens (including phenoxy) is 1. The summed E-state index contributed by atoms with van der Waals surface area (Å²) in [5.74, 6) is 1.62. The van der Waals surface area contributed by atoms with Crippen LogP contribution in [0, 0.1) is 0 Å². The third-order valence-corrected chi connectivity index (χ3v) is 3.64. The van der Waals surface area contributed by atoms with Gasteiger partial charge in [-0.05, 0) is 31.4 Å². The van der Waals surface area contributed by atoms with Crippen molar-refractivity contribution in [3.63, 3.8) is 0 Å². The number of rotatable bonds is 6. The van der Waals surface area contributed by atoms with Gasteiger partial charge >= 0.3 is 0 Å². The Balaban J connectivity index is 2.07. The van der Waals surface area contributed by atoms with Crippen molar-refractivity contribution in [3.05, 3.63) is 18.3 Å². The normalized spacial score (nSPS) is 17.4. The first kappa shape index (κ1) is 14.1. The van der Waals surface area contributed by atoms with E-state index in [1.165, 1.54) is 0 Å². The molecule has 106 valence electrons. The first-order valence-electron chi connectivity index (χ1n) is 7.16. The van der Waals surface area contributed by atoms with Gasteiger partial charge in [-0.15, -0.1) is 0 Å². The monoisotopic (exact) mass is 264 g/mol. The smallest absolute Gasteiger partial charge is 0.171 e. The predicted molar refractivity (Wildman–Crippen MR) is 76.7 cm³/mol. The van der Waals surface area contributed by atoms with Gasteiger partial charge in [0, 0.05) is 19.8 Å². The predicted octanol–water partition coefficient (Wildman–Crippen LogP) is 2.61. The molecule has 1 aliphatic carbocycles. The van der Waals surface area contributed by atoms with Crippen LogP contribution >= 0.6 is 0 Å². The van der Waals surface area contributed by atoms with Gasteiger partial charge in [0.1, 0.15) is 0 Å². The molecule has 1 saturated carbocycles. The molecule has 19 heavy (non-hydrogen) atoms. The number of hydrogen-bond acceptors (Lipinski definition) is 4. The molecule has 0 atom stereocenters. The SMILES string of the molecule is CCCOc1cccnc1N(C)CC1(O)CCCC1. The second-order valence-corrected chi connectivity index (χ2v) is 5.46. The number of anilines is 1. The van der Waals surface area contributed by atoms with Crippen LogP contribution in [0.15, 0.2) is 18.3 Å². The summed E-state index contributed by atoms with van der Waals surface area (Å²) in [6.07, 6.45) is 6.74. The van der Waals surface area contributed by atoms with Gasteiger partial charge in [0.25, 0.3) is 0 Å². The zero-order chi connectivity index (χ0) is 13.7. The lowest BCUT2D eigenvalue weighted by molar-refractivity contribution is 0.0557. The van der Waals surface area contributed by atoms with E-state index in [2.05, 4.69) is 11.9 Å². The van der Waals surface area contributed by atoms with Gasteiger partial charge in [0.2, 0.25) is 0 Å². The summed E-state index contributed by atoms with van der Waals surface area (Å²) in [5.41, 5.74) is -0.561. The minimum Gasteiger partial charge on any atom is -0.490 e. The van der Waals surface area contributed by atoms with Crippen LogP contribution in [0.3, 0.4) is 0 Å². The van der Waals surface area contributed by atoms with Gasteiger partial charge in [-0.25, -0.2) is 4.98 Å². The Morgan fingerprint density at radius 3 is 2.84 bits per heavy atom. The summed E-state index contributed by atoms with van der Waals surface area (Å²) in [5, 5.41) is 10.5. The maximum absolute atomic E-state index is 10.5. The van der Waals surface area contributed by atoms with Crippen molar-refractivity contribution in [2.45, 2.75) is 44.6 Å². The van der Waals surface area contributed by atoms with Crippen molar-refractivity contribution in [3.8, 4) is 5.75 Å². The van der Waals surface area contributed by atoms with Crippen molar-refractivity contribution in [1.29, 1.82) is 0 Å². The molecule has 0 saturated heterocycles. The fraction of sp³-hybridized carbons (Fsp3) is 0.667. The van der Waals surface area contributed by atoms with Crippen LogP contribution in [-0.2, 0) is 0 Å². The maximum atomic E-state index is 10.5. The van der Waals surface area contributed by atoms with E-state index in [1.54, 1.807) is 6.20 Å². The third kappa shape index (κ3) is 3.60. The average molecular weight is 264 g/mol. The summed E-state index contributed by atoms with van der Waals surface area (Å²) >= 11 is 0. The van der Waals surface area contributed by atoms with E-state index in [4.69, 9.17) is 4.74 Å². The van der Waals surface area contributed by atoms with Crippen LogP contribution in [0.1, 0.15) is 39.0 Å². The Morgan fingerprint density at radius 1 is 1.42 bits per heavy atom. The lowest BCUT2D eigenvalue weighted by Crippen LogP contribution is -2.39. The molecule has 4 nitrogen and oxygen atoms in total. The van der Waals surface area contributed by atoms with Crippen molar-refractivity contribution in [1.82, 2.24) is 4.98 Å². The number of nitrogens with zero attached hydrogens (tertiary/aromatic N) is 2. The molecule has 2 rings (SSSR count). The highest BCUT2D eigenvalue weighted by molar-refractivity contribution is 5.51. The van der Waals surface area contributed by atoms with Crippen molar-refractivity contribution >= 4 is 5.82 Å². The van der Waals surface area contributed by atoms with E-state index in [0.717, 1.165) is 43.7 Å². The van der Waals surface area contributed by atoms with E-state index in [-0.39, 0.29) is 0 Å². The van der Waals surface area contributed by atoms with E-state index in [0.29, 0.717) is 13.2 Å². The van der Waals surface area contributed by atoms with Crippen molar-refractivity contribution in [2.75, 3.05) is 25.1 Å². The topological polar surface area (TPSA) is 45.6 Å². The Hall–Kier alpha value is -1.29. The fourth-order valence-electron chi connectivity index (χ4n) is 2.70. The molecule has 0 amide bonds. The molecule has 0 spiro atoms. The number of aromatic nitrogens is 1. The highest BCUT2D eigenvalue weighted by atomic mass is 16.5. The number of hydrogen-bond donors (Lipinski definition) is 1. The second kappa shape index (κ2) is 6.24. The Kier molecular flexibility index (Phi) is 4.64. The van der Waals surface area contributed by atoms with Crippen molar-refractivity contribution < 1.29 is 9.84 Å². The standard InChI is InChI=1S/C15H24N2O2/c1-3-11-19-13-7-6-10-16-14(13)17(2)12-15(18)8-4-5-9-15/h6-7,10,18H,3-5,8-9,11-12H2,1-2H3. The van der Waals surface area contributed by atoms with Gasteiger partial charge < -0.3 is 14.7 Å². The first-order chi connectivity index (χ1) is 9.14. The molecule has 0 unspecified atom stereocenters. The fourth-order valence-corrected chi connectivity index (χ4v) is 2.70. The molecule has 1 aliphatic rings. The van der Waals surface area contributed by atoms with Crippen LogP contribution in [0.2, 0.25) is 0 Å². The zero-order valence-electron chi connectivity index (χ0n) is 11.9. The average Bonchev–Trinajstić information content (AvgIpc) is 2.83. The van der Waals surface area contributed by atoms with Gasteiger partial charge in [-0.3, -0.25) is 0 Å². The van der Waals surface area contributed by atoms with Crippen LogP contribution in [0.25, 0.3) is 0 Å². The quantitative estimate of drug-likeness (QED) is 0.858. The van der Waals surface area contributed by atoms with E-state index in [9.17, 15) is 5.11 Å². The largest absolute Gasteiger partial charge is 0.490 e. The molecule has 0 aromatic carbocycles. The maximum Gasteiger partial charge on any atom is 0.171 e. The molecular formula is C15H24N2O2. The van der Waals surface area contributed by atoms with Crippen LogP contribution in [0.4, 0.5) is 5.82 Å². The summed E-state index contributed by atoms with van der Waals surface area (Å²) in [4.78, 5) is 6.40. The molecule has 0 bridgehead atoms. The van der Waals surface area contributed by atoms with Crippen LogP contribution in [0.5, 0.6) is 5.75 Å². The van der Waals surface area contributed by atoms with E-state index >= 15 is 0 Å². The zero-order valence-corrected chi connectivity index (χ0v) is 11.9. The van der Waals surface area contributed by atoms with Gasteiger partial charge in [0.05, 0.1) is 12.2 Å². The summed E-state index contributed by atoms with van der Waals surface area (Å²) < 4.78 is 5.72. The molecule has 1 N–H and O–H groups in total. The van der Waals surface area contributed by atoms with Gasteiger partial charge in [-0.1, -0.05) is 19.8 Å². The summed E-state index contributed by atoms with van der Waals surface area (Å²) in [6, 6.07) is 3.82. The minimum atomic E-state index is -0.561.